The second-order valence-electron chi connectivity index (χ2n) is 4.53. The summed E-state index contributed by atoms with van der Waals surface area (Å²) >= 11 is 1.63. The summed E-state index contributed by atoms with van der Waals surface area (Å²) in [5.74, 6) is 0. The van der Waals surface area contributed by atoms with Crippen molar-refractivity contribution in [3.05, 3.63) is 53.7 Å². The number of aliphatic hydroxyl groups is 1. The van der Waals surface area contributed by atoms with E-state index in [2.05, 4.69) is 36.2 Å². The summed E-state index contributed by atoms with van der Waals surface area (Å²) < 4.78 is 0. The van der Waals surface area contributed by atoms with Crippen LogP contribution in [0.5, 0.6) is 0 Å². The van der Waals surface area contributed by atoms with Gasteiger partial charge in [0.15, 0.2) is 0 Å². The summed E-state index contributed by atoms with van der Waals surface area (Å²) in [4.78, 5) is 5.57. The van der Waals surface area contributed by atoms with Crippen LogP contribution in [0, 0.1) is 6.92 Å². The SMILES string of the molecule is Cc1ccc(Sc2ncccc2CC(N)CO)cc1. The summed E-state index contributed by atoms with van der Waals surface area (Å²) in [6, 6.07) is 12.0. The first-order valence-electron chi connectivity index (χ1n) is 6.24. The molecule has 1 aromatic carbocycles. The van der Waals surface area contributed by atoms with Gasteiger partial charge in [-0.25, -0.2) is 4.98 Å². The van der Waals surface area contributed by atoms with E-state index < -0.39 is 0 Å². The molecule has 0 spiro atoms. The van der Waals surface area contributed by atoms with Gasteiger partial charge in [0, 0.05) is 17.1 Å². The maximum atomic E-state index is 9.06. The third-order valence-electron chi connectivity index (χ3n) is 2.80. The molecule has 2 aromatic rings. The molecule has 0 aliphatic heterocycles. The number of hydrogen-bond acceptors (Lipinski definition) is 4. The molecule has 0 radical (unpaired) electrons. The van der Waals surface area contributed by atoms with Gasteiger partial charge in [0.1, 0.15) is 5.03 Å². The Morgan fingerprint density at radius 1 is 1.26 bits per heavy atom. The van der Waals surface area contributed by atoms with Gasteiger partial charge in [0.2, 0.25) is 0 Å². The van der Waals surface area contributed by atoms with Crippen molar-refractivity contribution < 1.29 is 5.11 Å². The van der Waals surface area contributed by atoms with Crippen molar-refractivity contribution in [2.24, 2.45) is 5.73 Å². The Kier molecular flexibility index (Phi) is 4.96. The molecule has 0 fully saturated rings. The predicted molar refractivity (Wildman–Crippen MR) is 78.3 cm³/mol. The third-order valence-corrected chi connectivity index (χ3v) is 3.87. The Morgan fingerprint density at radius 3 is 2.68 bits per heavy atom. The van der Waals surface area contributed by atoms with Crippen molar-refractivity contribution in [1.29, 1.82) is 0 Å². The fraction of sp³-hybridized carbons (Fsp3) is 0.267. The zero-order valence-corrected chi connectivity index (χ0v) is 11.7. The van der Waals surface area contributed by atoms with Gasteiger partial charge in [-0.1, -0.05) is 35.5 Å². The number of nitrogens with two attached hydrogens (primary N) is 1. The Balaban J connectivity index is 2.17. The quantitative estimate of drug-likeness (QED) is 0.879. The van der Waals surface area contributed by atoms with Crippen molar-refractivity contribution in [3.63, 3.8) is 0 Å². The highest BCUT2D eigenvalue weighted by molar-refractivity contribution is 7.99. The molecule has 100 valence electrons. The minimum atomic E-state index is -0.235. The molecular weight excluding hydrogens is 256 g/mol. The van der Waals surface area contributed by atoms with Gasteiger partial charge in [0.25, 0.3) is 0 Å². The van der Waals surface area contributed by atoms with E-state index in [9.17, 15) is 0 Å². The molecule has 1 aromatic heterocycles. The van der Waals surface area contributed by atoms with Gasteiger partial charge in [-0.3, -0.25) is 0 Å². The van der Waals surface area contributed by atoms with Gasteiger partial charge in [-0.15, -0.1) is 0 Å². The first-order valence-corrected chi connectivity index (χ1v) is 7.05. The number of aliphatic hydroxyl groups excluding tert-OH is 1. The molecule has 0 bridgehead atoms. The molecule has 0 saturated heterocycles. The monoisotopic (exact) mass is 274 g/mol. The summed E-state index contributed by atoms with van der Waals surface area (Å²) in [7, 11) is 0. The van der Waals surface area contributed by atoms with E-state index in [1.54, 1.807) is 18.0 Å². The molecule has 1 unspecified atom stereocenters. The summed E-state index contributed by atoms with van der Waals surface area (Å²) in [6.07, 6.45) is 2.42. The maximum absolute atomic E-state index is 9.06. The van der Waals surface area contributed by atoms with E-state index in [-0.39, 0.29) is 12.6 Å². The fourth-order valence-electron chi connectivity index (χ4n) is 1.74. The van der Waals surface area contributed by atoms with E-state index in [0.717, 1.165) is 15.5 Å². The van der Waals surface area contributed by atoms with Crippen LogP contribution in [0.3, 0.4) is 0 Å². The van der Waals surface area contributed by atoms with E-state index in [4.69, 9.17) is 10.8 Å². The summed E-state index contributed by atoms with van der Waals surface area (Å²) in [6.45, 7) is 2.06. The zero-order valence-electron chi connectivity index (χ0n) is 10.9. The van der Waals surface area contributed by atoms with Crippen LogP contribution in [-0.4, -0.2) is 22.7 Å². The molecule has 0 saturated carbocycles. The third kappa shape index (κ3) is 4.06. The van der Waals surface area contributed by atoms with Crippen LogP contribution in [0.2, 0.25) is 0 Å². The molecule has 0 aliphatic rings. The average molecular weight is 274 g/mol. The first-order chi connectivity index (χ1) is 9.19. The van der Waals surface area contributed by atoms with Gasteiger partial charge in [-0.05, 0) is 37.1 Å². The number of pyridine rings is 1. The number of rotatable bonds is 5. The minimum absolute atomic E-state index is 0.0104. The topological polar surface area (TPSA) is 59.1 Å². The van der Waals surface area contributed by atoms with E-state index >= 15 is 0 Å². The molecule has 3 nitrogen and oxygen atoms in total. The van der Waals surface area contributed by atoms with Crippen molar-refractivity contribution in [2.75, 3.05) is 6.61 Å². The van der Waals surface area contributed by atoms with E-state index in [0.29, 0.717) is 6.42 Å². The normalized spacial score (nSPS) is 12.4. The molecule has 2 rings (SSSR count). The van der Waals surface area contributed by atoms with Gasteiger partial charge in [0.05, 0.1) is 6.61 Å². The van der Waals surface area contributed by atoms with E-state index in [1.165, 1.54) is 5.56 Å². The molecule has 4 heteroatoms. The van der Waals surface area contributed by atoms with Crippen LogP contribution < -0.4 is 5.73 Å². The van der Waals surface area contributed by atoms with Crippen LogP contribution in [0.4, 0.5) is 0 Å². The highest BCUT2D eigenvalue weighted by Gasteiger charge is 2.09. The lowest BCUT2D eigenvalue weighted by Crippen LogP contribution is -2.27. The van der Waals surface area contributed by atoms with Crippen molar-refractivity contribution in [2.45, 2.75) is 29.3 Å². The summed E-state index contributed by atoms with van der Waals surface area (Å²) in [5.41, 5.74) is 8.12. The maximum Gasteiger partial charge on any atom is 0.104 e. The largest absolute Gasteiger partial charge is 0.395 e. The number of aryl methyl sites for hydroxylation is 1. The molecule has 1 heterocycles. The van der Waals surface area contributed by atoms with Crippen LogP contribution in [-0.2, 0) is 6.42 Å². The Hall–Kier alpha value is -1.36. The second-order valence-corrected chi connectivity index (χ2v) is 5.59. The van der Waals surface area contributed by atoms with Crippen LogP contribution in [0.15, 0.2) is 52.5 Å². The average Bonchev–Trinajstić information content (AvgIpc) is 2.43. The second kappa shape index (κ2) is 6.70. The number of hydrogen-bond donors (Lipinski definition) is 2. The highest BCUT2D eigenvalue weighted by Crippen LogP contribution is 2.29. The lowest BCUT2D eigenvalue weighted by molar-refractivity contribution is 0.265. The Morgan fingerprint density at radius 2 is 2.00 bits per heavy atom. The molecule has 0 amide bonds. The molecule has 0 aliphatic carbocycles. The molecule has 3 N–H and O–H groups in total. The van der Waals surface area contributed by atoms with Gasteiger partial charge >= 0.3 is 0 Å². The Bertz CT molecular complexity index is 528. The predicted octanol–water partition coefficient (Wildman–Crippen LogP) is 2.40. The van der Waals surface area contributed by atoms with Crippen molar-refractivity contribution in [3.8, 4) is 0 Å². The zero-order chi connectivity index (χ0) is 13.7. The fourth-order valence-corrected chi connectivity index (χ4v) is 2.63. The molecular formula is C15H18N2OS. The van der Waals surface area contributed by atoms with Gasteiger partial charge in [-0.2, -0.15) is 0 Å². The highest BCUT2D eigenvalue weighted by atomic mass is 32.2. The smallest absolute Gasteiger partial charge is 0.104 e. The van der Waals surface area contributed by atoms with Crippen LogP contribution >= 0.6 is 11.8 Å². The van der Waals surface area contributed by atoms with Crippen molar-refractivity contribution >= 4 is 11.8 Å². The lowest BCUT2D eigenvalue weighted by Gasteiger charge is -2.11. The minimum Gasteiger partial charge on any atom is -0.395 e. The van der Waals surface area contributed by atoms with Crippen molar-refractivity contribution in [1.82, 2.24) is 4.98 Å². The lowest BCUT2D eigenvalue weighted by atomic mass is 10.1. The Labute approximate surface area is 117 Å². The number of benzene rings is 1. The van der Waals surface area contributed by atoms with Gasteiger partial charge < -0.3 is 10.8 Å². The molecule has 19 heavy (non-hydrogen) atoms. The van der Waals surface area contributed by atoms with Crippen LogP contribution in [0.1, 0.15) is 11.1 Å². The van der Waals surface area contributed by atoms with E-state index in [1.807, 2.05) is 12.1 Å². The number of nitrogens with zero attached hydrogens (tertiary/aromatic N) is 1. The standard InChI is InChI=1S/C15H18N2OS/c1-11-4-6-14(7-5-11)19-15-12(3-2-8-17-15)9-13(16)10-18/h2-8,13,18H,9-10,16H2,1H3. The molecule has 1 atom stereocenters. The number of aromatic nitrogens is 1. The van der Waals surface area contributed by atoms with Crippen LogP contribution in [0.25, 0.3) is 0 Å². The first kappa shape index (κ1) is 14.1. The summed E-state index contributed by atoms with van der Waals surface area (Å²) in [5, 5.41) is 10.0.